The Morgan fingerprint density at radius 2 is 1.88 bits per heavy atom. The Morgan fingerprint density at radius 1 is 1.24 bits per heavy atom. The highest BCUT2D eigenvalue weighted by molar-refractivity contribution is 5.49. The first-order chi connectivity index (χ1) is 8.09. The van der Waals surface area contributed by atoms with E-state index >= 15 is 0 Å². The van der Waals surface area contributed by atoms with Gasteiger partial charge in [0.25, 0.3) is 0 Å². The van der Waals surface area contributed by atoms with Crippen molar-refractivity contribution in [3.05, 3.63) is 11.3 Å². The van der Waals surface area contributed by atoms with Crippen LogP contribution < -0.4 is 10.6 Å². The molecule has 5 heteroatoms. The van der Waals surface area contributed by atoms with E-state index in [-0.39, 0.29) is 0 Å². The van der Waals surface area contributed by atoms with Gasteiger partial charge in [0, 0.05) is 24.3 Å². The van der Waals surface area contributed by atoms with Gasteiger partial charge in [-0.1, -0.05) is 13.8 Å². The van der Waals surface area contributed by atoms with Crippen molar-refractivity contribution in [2.45, 2.75) is 26.7 Å². The Hall–Kier alpha value is -1.36. The fraction of sp³-hybridized carbons (Fsp3) is 0.667. The van der Waals surface area contributed by atoms with Crippen LogP contribution in [-0.2, 0) is 4.74 Å². The molecule has 1 aromatic heterocycles. The van der Waals surface area contributed by atoms with E-state index in [0.29, 0.717) is 11.7 Å². The monoisotopic (exact) mass is 236 g/mol. The Labute approximate surface area is 102 Å². The first kappa shape index (κ1) is 12.1. The van der Waals surface area contributed by atoms with Crippen molar-refractivity contribution in [3.63, 3.8) is 0 Å². The van der Waals surface area contributed by atoms with Gasteiger partial charge in [-0.05, 0) is 12.8 Å². The van der Waals surface area contributed by atoms with E-state index in [1.807, 2.05) is 6.92 Å². The van der Waals surface area contributed by atoms with Crippen LogP contribution in [0.5, 0.6) is 0 Å². The second kappa shape index (κ2) is 4.87. The molecule has 0 saturated carbocycles. The summed E-state index contributed by atoms with van der Waals surface area (Å²) in [6.45, 7) is 9.34. The maximum Gasteiger partial charge on any atom is 0.227 e. The Morgan fingerprint density at radius 3 is 2.41 bits per heavy atom. The maximum absolute atomic E-state index is 6.02. The van der Waals surface area contributed by atoms with Gasteiger partial charge in [0.15, 0.2) is 0 Å². The number of ether oxygens (including phenoxy) is 1. The van der Waals surface area contributed by atoms with E-state index in [9.17, 15) is 0 Å². The van der Waals surface area contributed by atoms with Crippen LogP contribution in [0.25, 0.3) is 0 Å². The number of hydrogen-bond acceptors (Lipinski definition) is 5. The van der Waals surface area contributed by atoms with Crippen molar-refractivity contribution in [2.24, 2.45) is 0 Å². The minimum atomic E-state index is 0.355. The van der Waals surface area contributed by atoms with Crippen LogP contribution in [0, 0.1) is 6.92 Å². The maximum atomic E-state index is 6.02. The molecule has 1 aliphatic rings. The predicted molar refractivity (Wildman–Crippen MR) is 68.3 cm³/mol. The first-order valence-electron chi connectivity index (χ1n) is 6.06. The standard InChI is InChI=1S/C12H20N4O/c1-8(2)10-9(3)14-12(15-11(10)13)16-4-6-17-7-5-16/h8H,4-7H2,1-3H3,(H2,13,14,15). The molecule has 2 heterocycles. The molecule has 2 rings (SSSR count). The van der Waals surface area contributed by atoms with Crippen LogP contribution >= 0.6 is 0 Å². The fourth-order valence-corrected chi connectivity index (χ4v) is 2.21. The minimum absolute atomic E-state index is 0.355. The summed E-state index contributed by atoms with van der Waals surface area (Å²) in [7, 11) is 0. The molecule has 1 saturated heterocycles. The molecular formula is C12H20N4O. The van der Waals surface area contributed by atoms with Crippen molar-refractivity contribution in [1.82, 2.24) is 9.97 Å². The molecule has 0 spiro atoms. The lowest BCUT2D eigenvalue weighted by molar-refractivity contribution is 0.122. The van der Waals surface area contributed by atoms with Gasteiger partial charge in [0.2, 0.25) is 5.95 Å². The average molecular weight is 236 g/mol. The summed E-state index contributed by atoms with van der Waals surface area (Å²) >= 11 is 0. The summed E-state index contributed by atoms with van der Waals surface area (Å²) < 4.78 is 5.32. The highest BCUT2D eigenvalue weighted by Gasteiger charge is 2.18. The normalized spacial score (nSPS) is 16.6. The smallest absolute Gasteiger partial charge is 0.227 e. The third kappa shape index (κ3) is 2.49. The number of aromatic nitrogens is 2. The zero-order chi connectivity index (χ0) is 12.4. The number of anilines is 2. The first-order valence-corrected chi connectivity index (χ1v) is 6.06. The quantitative estimate of drug-likeness (QED) is 0.839. The third-order valence-corrected chi connectivity index (χ3v) is 3.03. The average Bonchev–Trinajstić information content (AvgIpc) is 2.28. The minimum Gasteiger partial charge on any atom is -0.383 e. The van der Waals surface area contributed by atoms with Crippen molar-refractivity contribution >= 4 is 11.8 Å². The van der Waals surface area contributed by atoms with Crippen molar-refractivity contribution in [3.8, 4) is 0 Å². The molecule has 1 aromatic rings. The molecule has 94 valence electrons. The van der Waals surface area contributed by atoms with E-state index in [1.165, 1.54) is 0 Å². The van der Waals surface area contributed by atoms with Crippen LogP contribution in [0.15, 0.2) is 0 Å². The Balaban J connectivity index is 2.31. The molecule has 0 aliphatic carbocycles. The molecule has 0 bridgehead atoms. The molecule has 0 amide bonds. The number of nitrogen functional groups attached to an aromatic ring is 1. The van der Waals surface area contributed by atoms with E-state index in [0.717, 1.165) is 43.5 Å². The fourth-order valence-electron chi connectivity index (χ4n) is 2.21. The number of nitrogens with zero attached hydrogens (tertiary/aromatic N) is 3. The van der Waals surface area contributed by atoms with Gasteiger partial charge in [0.05, 0.1) is 13.2 Å². The number of nitrogens with two attached hydrogens (primary N) is 1. The summed E-state index contributed by atoms with van der Waals surface area (Å²) in [4.78, 5) is 11.1. The van der Waals surface area contributed by atoms with Gasteiger partial charge >= 0.3 is 0 Å². The van der Waals surface area contributed by atoms with Gasteiger partial charge in [0.1, 0.15) is 5.82 Å². The molecule has 0 unspecified atom stereocenters. The van der Waals surface area contributed by atoms with Crippen LogP contribution in [0.3, 0.4) is 0 Å². The summed E-state index contributed by atoms with van der Waals surface area (Å²) in [5.74, 6) is 1.69. The summed E-state index contributed by atoms with van der Waals surface area (Å²) in [5.41, 5.74) is 8.06. The van der Waals surface area contributed by atoms with Crippen molar-refractivity contribution in [2.75, 3.05) is 36.9 Å². The van der Waals surface area contributed by atoms with Gasteiger partial charge in [-0.15, -0.1) is 0 Å². The van der Waals surface area contributed by atoms with Gasteiger partial charge in [-0.25, -0.2) is 4.98 Å². The number of morpholine rings is 1. The SMILES string of the molecule is Cc1nc(N2CCOCC2)nc(N)c1C(C)C. The van der Waals surface area contributed by atoms with E-state index in [4.69, 9.17) is 10.5 Å². The molecule has 1 fully saturated rings. The highest BCUT2D eigenvalue weighted by atomic mass is 16.5. The van der Waals surface area contributed by atoms with Gasteiger partial charge in [-0.3, -0.25) is 0 Å². The topological polar surface area (TPSA) is 64.3 Å². The largest absolute Gasteiger partial charge is 0.383 e. The summed E-state index contributed by atoms with van der Waals surface area (Å²) in [5, 5.41) is 0. The van der Waals surface area contributed by atoms with E-state index in [1.54, 1.807) is 0 Å². The molecule has 1 aliphatic heterocycles. The number of rotatable bonds is 2. The third-order valence-electron chi connectivity index (χ3n) is 3.03. The van der Waals surface area contributed by atoms with Gasteiger partial charge < -0.3 is 15.4 Å². The van der Waals surface area contributed by atoms with E-state index < -0.39 is 0 Å². The number of aryl methyl sites for hydroxylation is 1. The van der Waals surface area contributed by atoms with Gasteiger partial charge in [-0.2, -0.15) is 4.98 Å². The lowest BCUT2D eigenvalue weighted by atomic mass is 10.0. The molecule has 17 heavy (non-hydrogen) atoms. The molecule has 0 atom stereocenters. The summed E-state index contributed by atoms with van der Waals surface area (Å²) in [6.07, 6.45) is 0. The van der Waals surface area contributed by atoms with Crippen LogP contribution in [0.2, 0.25) is 0 Å². The zero-order valence-electron chi connectivity index (χ0n) is 10.7. The lowest BCUT2D eigenvalue weighted by Gasteiger charge is -2.27. The number of hydrogen-bond donors (Lipinski definition) is 1. The van der Waals surface area contributed by atoms with Crippen LogP contribution in [0.1, 0.15) is 31.0 Å². The van der Waals surface area contributed by atoms with Crippen molar-refractivity contribution in [1.29, 1.82) is 0 Å². The van der Waals surface area contributed by atoms with Crippen molar-refractivity contribution < 1.29 is 4.74 Å². The summed E-state index contributed by atoms with van der Waals surface area (Å²) in [6, 6.07) is 0. The second-order valence-corrected chi connectivity index (χ2v) is 4.66. The molecular weight excluding hydrogens is 216 g/mol. The Kier molecular flexibility index (Phi) is 3.47. The second-order valence-electron chi connectivity index (χ2n) is 4.66. The molecule has 2 N–H and O–H groups in total. The molecule has 0 aromatic carbocycles. The van der Waals surface area contributed by atoms with E-state index in [2.05, 4.69) is 28.7 Å². The van der Waals surface area contributed by atoms with Crippen LogP contribution in [0.4, 0.5) is 11.8 Å². The molecule has 5 nitrogen and oxygen atoms in total. The Bertz CT molecular complexity index is 376. The predicted octanol–water partition coefficient (Wildman–Crippen LogP) is 1.33. The highest BCUT2D eigenvalue weighted by Crippen LogP contribution is 2.25. The zero-order valence-corrected chi connectivity index (χ0v) is 10.7. The van der Waals surface area contributed by atoms with Crippen LogP contribution in [-0.4, -0.2) is 36.3 Å². The lowest BCUT2D eigenvalue weighted by Crippen LogP contribution is -2.37. The molecule has 0 radical (unpaired) electrons.